The van der Waals surface area contributed by atoms with Gasteiger partial charge in [-0.25, -0.2) is 9.67 Å². The molecular formula is C15H15N5O. The molecule has 3 rings (SSSR count). The highest BCUT2D eigenvalue weighted by molar-refractivity contribution is 5.29. The lowest BCUT2D eigenvalue weighted by atomic mass is 9.97. The van der Waals surface area contributed by atoms with Crippen LogP contribution in [0.2, 0.25) is 0 Å². The van der Waals surface area contributed by atoms with Crippen molar-refractivity contribution >= 4 is 0 Å². The largest absolute Gasteiger partial charge is 0.311 e. The van der Waals surface area contributed by atoms with Crippen molar-refractivity contribution in [2.45, 2.75) is 19.8 Å². The van der Waals surface area contributed by atoms with Crippen molar-refractivity contribution in [2.24, 2.45) is 0 Å². The number of H-pyrrole nitrogens is 1. The predicted octanol–water partition coefficient (Wildman–Crippen LogP) is 1.81. The molecule has 0 saturated carbocycles. The Labute approximate surface area is 121 Å². The second-order valence-corrected chi connectivity index (χ2v) is 4.91. The van der Waals surface area contributed by atoms with Crippen molar-refractivity contribution in [1.82, 2.24) is 24.7 Å². The highest BCUT2D eigenvalue weighted by atomic mass is 16.1. The van der Waals surface area contributed by atoms with E-state index < -0.39 is 0 Å². The third kappa shape index (κ3) is 2.74. The zero-order valence-electron chi connectivity index (χ0n) is 11.8. The molecule has 0 aliphatic heterocycles. The van der Waals surface area contributed by atoms with Crippen LogP contribution in [0, 0.1) is 6.92 Å². The third-order valence-corrected chi connectivity index (χ3v) is 3.39. The first-order valence-corrected chi connectivity index (χ1v) is 6.66. The van der Waals surface area contributed by atoms with Gasteiger partial charge in [-0.2, -0.15) is 5.10 Å². The molecule has 0 amide bonds. The summed E-state index contributed by atoms with van der Waals surface area (Å²) >= 11 is 0. The van der Waals surface area contributed by atoms with Gasteiger partial charge in [0.1, 0.15) is 5.82 Å². The molecule has 6 nitrogen and oxygen atoms in total. The minimum Gasteiger partial charge on any atom is -0.311 e. The summed E-state index contributed by atoms with van der Waals surface area (Å²) in [6, 6.07) is 5.40. The summed E-state index contributed by atoms with van der Waals surface area (Å²) in [4.78, 5) is 22.4. The van der Waals surface area contributed by atoms with Crippen LogP contribution < -0.4 is 5.56 Å². The Morgan fingerprint density at radius 1 is 1.24 bits per heavy atom. The Morgan fingerprint density at radius 3 is 2.71 bits per heavy atom. The molecule has 0 aromatic carbocycles. The molecule has 0 radical (unpaired) electrons. The molecule has 3 aromatic rings. The zero-order valence-corrected chi connectivity index (χ0v) is 11.8. The van der Waals surface area contributed by atoms with Gasteiger partial charge in [0.25, 0.3) is 5.56 Å². The lowest BCUT2D eigenvalue weighted by molar-refractivity contribution is 0.820. The molecule has 21 heavy (non-hydrogen) atoms. The Bertz CT molecular complexity index is 806. The van der Waals surface area contributed by atoms with E-state index in [1.165, 1.54) is 11.6 Å². The number of rotatable bonds is 3. The average Bonchev–Trinajstić information content (AvgIpc) is 2.96. The van der Waals surface area contributed by atoms with Gasteiger partial charge in [0, 0.05) is 30.6 Å². The monoisotopic (exact) mass is 281 g/mol. The summed E-state index contributed by atoms with van der Waals surface area (Å²) < 4.78 is 1.62. The minimum absolute atomic E-state index is 0.184. The van der Waals surface area contributed by atoms with Crippen molar-refractivity contribution in [3.05, 3.63) is 70.3 Å². The minimum atomic E-state index is -0.184. The van der Waals surface area contributed by atoms with Crippen LogP contribution in [0.3, 0.4) is 0 Å². The van der Waals surface area contributed by atoms with Gasteiger partial charge in [0.15, 0.2) is 5.82 Å². The summed E-state index contributed by atoms with van der Waals surface area (Å²) in [5, 5.41) is 4.30. The normalized spacial score (nSPS) is 12.3. The number of pyridine rings is 1. The third-order valence-electron chi connectivity index (χ3n) is 3.39. The summed E-state index contributed by atoms with van der Waals surface area (Å²) in [5.74, 6) is 1.28. The van der Waals surface area contributed by atoms with Gasteiger partial charge in [0.05, 0.1) is 6.20 Å². The molecule has 106 valence electrons. The van der Waals surface area contributed by atoms with E-state index in [4.69, 9.17) is 0 Å². The van der Waals surface area contributed by atoms with Gasteiger partial charge < -0.3 is 4.98 Å². The number of aromatic amines is 1. The summed E-state index contributed by atoms with van der Waals surface area (Å²) in [5.41, 5.74) is 2.04. The maximum atomic E-state index is 11.5. The van der Waals surface area contributed by atoms with Gasteiger partial charge in [-0.05, 0) is 30.2 Å². The summed E-state index contributed by atoms with van der Waals surface area (Å²) in [7, 11) is 0. The van der Waals surface area contributed by atoms with Crippen molar-refractivity contribution in [1.29, 1.82) is 0 Å². The maximum Gasteiger partial charge on any atom is 0.253 e. The van der Waals surface area contributed by atoms with Crippen molar-refractivity contribution in [3.8, 4) is 5.82 Å². The molecule has 6 heteroatoms. The number of hydrogen-bond acceptors (Lipinski definition) is 4. The first-order chi connectivity index (χ1) is 10.1. The van der Waals surface area contributed by atoms with Crippen LogP contribution in [0.5, 0.6) is 0 Å². The fraction of sp³-hybridized carbons (Fsp3) is 0.200. The van der Waals surface area contributed by atoms with E-state index in [2.05, 4.69) is 27.0 Å². The van der Waals surface area contributed by atoms with Crippen LogP contribution in [0.4, 0.5) is 0 Å². The zero-order chi connectivity index (χ0) is 14.8. The highest BCUT2D eigenvalue weighted by Crippen LogP contribution is 2.23. The van der Waals surface area contributed by atoms with Crippen LogP contribution in [0.1, 0.15) is 29.8 Å². The number of aryl methyl sites for hydroxylation is 1. The van der Waals surface area contributed by atoms with Crippen molar-refractivity contribution in [2.75, 3.05) is 0 Å². The van der Waals surface area contributed by atoms with E-state index in [0.717, 1.165) is 5.56 Å². The molecule has 0 saturated heterocycles. The van der Waals surface area contributed by atoms with E-state index in [1.54, 1.807) is 30.2 Å². The first kappa shape index (κ1) is 13.2. The fourth-order valence-corrected chi connectivity index (χ4v) is 2.21. The molecule has 0 aliphatic rings. The van der Waals surface area contributed by atoms with Gasteiger partial charge in [-0.3, -0.25) is 9.78 Å². The molecule has 0 aliphatic carbocycles. The quantitative estimate of drug-likeness (QED) is 0.794. The molecule has 0 fully saturated rings. The number of hydrogen-bond donors (Lipinski definition) is 1. The smallest absolute Gasteiger partial charge is 0.253 e. The van der Waals surface area contributed by atoms with Crippen LogP contribution in [0.15, 0.2) is 47.8 Å². The highest BCUT2D eigenvalue weighted by Gasteiger charge is 2.12. The number of aromatic nitrogens is 5. The standard InChI is InChI=1S/C15H15N5O/c1-10(12-3-5-16-6-4-12)13-8-17-20(9-13)14-7-15(21)19-11(2)18-14/h3-10H,1-2H3,(H,18,19,21). The fourth-order valence-electron chi connectivity index (χ4n) is 2.21. The van der Waals surface area contributed by atoms with E-state index in [1.807, 2.05) is 18.3 Å². The van der Waals surface area contributed by atoms with E-state index >= 15 is 0 Å². The molecule has 3 aromatic heterocycles. The lowest BCUT2D eigenvalue weighted by Crippen LogP contribution is -2.12. The Morgan fingerprint density at radius 2 is 2.00 bits per heavy atom. The Kier molecular flexibility index (Phi) is 3.35. The summed E-state index contributed by atoms with van der Waals surface area (Å²) in [6.45, 7) is 3.85. The van der Waals surface area contributed by atoms with Crippen molar-refractivity contribution in [3.63, 3.8) is 0 Å². The van der Waals surface area contributed by atoms with Gasteiger partial charge in [-0.1, -0.05) is 6.92 Å². The van der Waals surface area contributed by atoms with Crippen LogP contribution >= 0.6 is 0 Å². The second kappa shape index (κ2) is 5.32. The van der Waals surface area contributed by atoms with Gasteiger partial charge in [-0.15, -0.1) is 0 Å². The molecule has 1 atom stereocenters. The van der Waals surface area contributed by atoms with Crippen LogP contribution in [-0.2, 0) is 0 Å². The van der Waals surface area contributed by atoms with Gasteiger partial charge in [0.2, 0.25) is 0 Å². The van der Waals surface area contributed by atoms with Crippen LogP contribution in [-0.4, -0.2) is 24.7 Å². The molecule has 3 heterocycles. The Hall–Kier alpha value is -2.76. The van der Waals surface area contributed by atoms with E-state index in [0.29, 0.717) is 11.6 Å². The molecule has 1 N–H and O–H groups in total. The molecular weight excluding hydrogens is 266 g/mol. The summed E-state index contributed by atoms with van der Waals surface area (Å²) in [6.07, 6.45) is 7.24. The number of nitrogens with one attached hydrogen (secondary N) is 1. The van der Waals surface area contributed by atoms with Crippen molar-refractivity contribution < 1.29 is 0 Å². The number of nitrogens with zero attached hydrogens (tertiary/aromatic N) is 4. The first-order valence-electron chi connectivity index (χ1n) is 6.66. The average molecular weight is 281 g/mol. The lowest BCUT2D eigenvalue weighted by Gasteiger charge is -2.08. The van der Waals surface area contributed by atoms with Crippen LogP contribution in [0.25, 0.3) is 5.82 Å². The predicted molar refractivity (Wildman–Crippen MR) is 78.5 cm³/mol. The molecule has 1 unspecified atom stereocenters. The SMILES string of the molecule is Cc1nc(-n2cc(C(C)c3ccncc3)cn2)cc(=O)[nH]1. The second-order valence-electron chi connectivity index (χ2n) is 4.91. The maximum absolute atomic E-state index is 11.5. The van der Waals surface area contributed by atoms with E-state index in [9.17, 15) is 4.79 Å². The molecule has 0 bridgehead atoms. The molecule has 0 spiro atoms. The topological polar surface area (TPSA) is 76.5 Å². The Balaban J connectivity index is 1.95. The van der Waals surface area contributed by atoms with Gasteiger partial charge >= 0.3 is 0 Å². The van der Waals surface area contributed by atoms with E-state index in [-0.39, 0.29) is 11.5 Å².